The molecule has 0 atom stereocenters. The number of rotatable bonds is 5. The third-order valence-corrected chi connectivity index (χ3v) is 6.09. The normalized spacial score (nSPS) is 16.2. The number of hydrogen-bond donors (Lipinski definition) is 1. The fourth-order valence-electron chi connectivity index (χ4n) is 2.74. The van der Waals surface area contributed by atoms with Crippen molar-refractivity contribution < 1.29 is 18.0 Å². The van der Waals surface area contributed by atoms with Crippen LogP contribution in [0.25, 0.3) is 0 Å². The second-order valence-corrected chi connectivity index (χ2v) is 7.89. The maximum Gasteiger partial charge on any atom is 0.243 e. The minimum absolute atomic E-state index is 0.00845. The zero-order chi connectivity index (χ0) is 17.7. The number of likely N-dealkylation sites (N-methyl/N-ethyl adjacent to an activating group) is 1. The van der Waals surface area contributed by atoms with Gasteiger partial charge in [0.05, 0.1) is 11.4 Å². The van der Waals surface area contributed by atoms with Crippen molar-refractivity contribution in [1.29, 1.82) is 0 Å². The number of nitrogens with zero attached hydrogens (tertiary/aromatic N) is 2. The van der Waals surface area contributed by atoms with Crippen molar-refractivity contribution in [2.24, 2.45) is 5.92 Å². The van der Waals surface area contributed by atoms with Crippen LogP contribution in [0.3, 0.4) is 0 Å². The summed E-state index contributed by atoms with van der Waals surface area (Å²) in [5.41, 5.74) is 0. The van der Waals surface area contributed by atoms with E-state index < -0.39 is 10.0 Å². The van der Waals surface area contributed by atoms with Gasteiger partial charge < -0.3 is 10.2 Å². The van der Waals surface area contributed by atoms with Gasteiger partial charge in [0.1, 0.15) is 0 Å². The molecule has 1 aromatic carbocycles. The molecule has 1 aromatic rings. The Morgan fingerprint density at radius 1 is 1.21 bits per heavy atom. The first-order chi connectivity index (χ1) is 11.4. The molecule has 1 saturated heterocycles. The molecule has 1 fully saturated rings. The van der Waals surface area contributed by atoms with Crippen LogP contribution >= 0.6 is 0 Å². The molecule has 0 aliphatic carbocycles. The number of piperidine rings is 1. The van der Waals surface area contributed by atoms with Crippen LogP contribution in [0, 0.1) is 5.92 Å². The van der Waals surface area contributed by atoms with Gasteiger partial charge in [-0.25, -0.2) is 8.42 Å². The lowest BCUT2D eigenvalue weighted by Gasteiger charge is -2.32. The summed E-state index contributed by atoms with van der Waals surface area (Å²) in [6.07, 6.45) is 1.20. The summed E-state index contributed by atoms with van der Waals surface area (Å²) in [5, 5.41) is 2.62. The third-order valence-electron chi connectivity index (χ3n) is 4.27. The van der Waals surface area contributed by atoms with Crippen molar-refractivity contribution in [3.63, 3.8) is 0 Å². The lowest BCUT2D eigenvalue weighted by Crippen LogP contribution is -2.46. The Labute approximate surface area is 142 Å². The molecule has 7 nitrogen and oxygen atoms in total. The highest BCUT2D eigenvalue weighted by Gasteiger charge is 2.29. The van der Waals surface area contributed by atoms with Crippen molar-refractivity contribution in [1.82, 2.24) is 14.5 Å². The van der Waals surface area contributed by atoms with Crippen molar-refractivity contribution in [2.45, 2.75) is 17.7 Å². The average molecular weight is 353 g/mol. The molecule has 0 unspecified atom stereocenters. The summed E-state index contributed by atoms with van der Waals surface area (Å²) in [7, 11) is -0.678. The van der Waals surface area contributed by atoms with Gasteiger partial charge in [-0.05, 0) is 25.0 Å². The van der Waals surface area contributed by atoms with Crippen LogP contribution in [0.2, 0.25) is 0 Å². The van der Waals surface area contributed by atoms with Crippen LogP contribution in [0.1, 0.15) is 12.8 Å². The van der Waals surface area contributed by atoms with Gasteiger partial charge in [-0.3, -0.25) is 9.59 Å². The molecule has 0 radical (unpaired) electrons. The van der Waals surface area contributed by atoms with Gasteiger partial charge in [0.15, 0.2) is 0 Å². The molecule has 0 bridgehead atoms. The highest BCUT2D eigenvalue weighted by Crippen LogP contribution is 2.18. The van der Waals surface area contributed by atoms with E-state index in [2.05, 4.69) is 5.32 Å². The van der Waals surface area contributed by atoms with Crippen molar-refractivity contribution >= 4 is 21.8 Å². The molecule has 0 spiro atoms. The highest BCUT2D eigenvalue weighted by molar-refractivity contribution is 7.89. The van der Waals surface area contributed by atoms with Gasteiger partial charge in [-0.1, -0.05) is 18.2 Å². The number of likely N-dealkylation sites (tertiary alicyclic amines) is 1. The topological polar surface area (TPSA) is 86.8 Å². The Bertz CT molecular complexity index is 683. The van der Waals surface area contributed by atoms with Gasteiger partial charge >= 0.3 is 0 Å². The summed E-state index contributed by atoms with van der Waals surface area (Å²) in [4.78, 5) is 25.7. The fourth-order valence-corrected chi connectivity index (χ4v) is 3.88. The number of nitrogens with one attached hydrogen (secondary N) is 1. The molecular weight excluding hydrogens is 330 g/mol. The van der Waals surface area contributed by atoms with Gasteiger partial charge in [-0.2, -0.15) is 4.31 Å². The van der Waals surface area contributed by atoms with Crippen LogP contribution in [0.4, 0.5) is 0 Å². The predicted molar refractivity (Wildman–Crippen MR) is 89.6 cm³/mol. The quantitative estimate of drug-likeness (QED) is 0.824. The Balaban J connectivity index is 1.94. The monoisotopic (exact) mass is 353 g/mol. The van der Waals surface area contributed by atoms with E-state index >= 15 is 0 Å². The fraction of sp³-hybridized carbons (Fsp3) is 0.500. The maximum absolute atomic E-state index is 12.4. The lowest BCUT2D eigenvalue weighted by atomic mass is 9.96. The van der Waals surface area contributed by atoms with E-state index in [9.17, 15) is 18.0 Å². The molecule has 2 rings (SSSR count). The zero-order valence-corrected chi connectivity index (χ0v) is 14.8. The van der Waals surface area contributed by atoms with Crippen LogP contribution in [-0.4, -0.2) is 63.2 Å². The standard InChI is InChI=1S/C16H23N3O4S/c1-17-16(21)13-8-10-19(11-9-13)15(20)12-18(2)24(22,23)14-6-4-3-5-7-14/h3-7,13H,8-12H2,1-2H3,(H,17,21). The first-order valence-corrected chi connectivity index (χ1v) is 9.31. The number of hydrogen-bond acceptors (Lipinski definition) is 4. The van der Waals surface area contributed by atoms with Crippen LogP contribution < -0.4 is 5.32 Å². The summed E-state index contributed by atoms with van der Waals surface area (Å²) in [6.45, 7) is 0.730. The number of benzene rings is 1. The van der Waals surface area contributed by atoms with Crippen molar-refractivity contribution in [3.8, 4) is 0 Å². The molecule has 132 valence electrons. The molecule has 8 heteroatoms. The number of sulfonamides is 1. The van der Waals surface area contributed by atoms with E-state index in [1.54, 1.807) is 30.1 Å². The highest BCUT2D eigenvalue weighted by atomic mass is 32.2. The minimum Gasteiger partial charge on any atom is -0.359 e. The molecule has 1 heterocycles. The summed E-state index contributed by atoms with van der Waals surface area (Å²) in [5.74, 6) is -0.330. The van der Waals surface area contributed by atoms with E-state index in [1.807, 2.05) is 0 Å². The predicted octanol–water partition coefficient (Wildman–Crippen LogP) is 0.292. The second kappa shape index (κ2) is 7.76. The Hall–Kier alpha value is -1.93. The van der Waals surface area contributed by atoms with Crippen molar-refractivity contribution in [2.75, 3.05) is 33.7 Å². The Kier molecular flexibility index (Phi) is 5.95. The number of amides is 2. The smallest absolute Gasteiger partial charge is 0.243 e. The molecule has 2 amide bonds. The largest absolute Gasteiger partial charge is 0.359 e. The first kappa shape index (κ1) is 18.4. The van der Waals surface area contributed by atoms with Crippen LogP contribution in [0.15, 0.2) is 35.2 Å². The number of carbonyl (C=O) groups excluding carboxylic acids is 2. The Morgan fingerprint density at radius 3 is 2.33 bits per heavy atom. The zero-order valence-electron chi connectivity index (χ0n) is 13.9. The second-order valence-electron chi connectivity index (χ2n) is 5.84. The molecular formula is C16H23N3O4S. The minimum atomic E-state index is -3.68. The molecule has 1 aliphatic heterocycles. The Morgan fingerprint density at radius 2 is 1.79 bits per heavy atom. The van der Waals surface area contributed by atoms with Crippen LogP contribution in [0.5, 0.6) is 0 Å². The van der Waals surface area contributed by atoms with Crippen LogP contribution in [-0.2, 0) is 19.6 Å². The third kappa shape index (κ3) is 4.12. The van der Waals surface area contributed by atoms with Gasteiger partial charge in [0.2, 0.25) is 21.8 Å². The lowest BCUT2D eigenvalue weighted by molar-refractivity contribution is -0.135. The van der Waals surface area contributed by atoms with Gasteiger partial charge in [0.25, 0.3) is 0 Å². The molecule has 1 aliphatic rings. The van der Waals surface area contributed by atoms with E-state index in [0.29, 0.717) is 25.9 Å². The summed E-state index contributed by atoms with van der Waals surface area (Å²) in [6, 6.07) is 8.04. The van der Waals surface area contributed by atoms with E-state index in [1.165, 1.54) is 19.2 Å². The molecule has 1 N–H and O–H groups in total. The molecule has 0 saturated carbocycles. The van der Waals surface area contributed by atoms with Crippen molar-refractivity contribution in [3.05, 3.63) is 30.3 Å². The molecule has 24 heavy (non-hydrogen) atoms. The maximum atomic E-state index is 12.4. The average Bonchev–Trinajstić information content (AvgIpc) is 2.61. The van der Waals surface area contributed by atoms with Gasteiger partial charge in [-0.15, -0.1) is 0 Å². The molecule has 0 aromatic heterocycles. The van der Waals surface area contributed by atoms with Gasteiger partial charge in [0, 0.05) is 33.1 Å². The van der Waals surface area contributed by atoms with E-state index in [0.717, 1.165) is 4.31 Å². The first-order valence-electron chi connectivity index (χ1n) is 7.87. The summed E-state index contributed by atoms with van der Waals surface area (Å²) >= 11 is 0. The summed E-state index contributed by atoms with van der Waals surface area (Å²) < 4.78 is 25.9. The number of carbonyl (C=O) groups is 2. The van der Waals surface area contributed by atoms with E-state index in [-0.39, 0.29) is 29.2 Å². The van der Waals surface area contributed by atoms with E-state index in [4.69, 9.17) is 0 Å². The SMILES string of the molecule is CNC(=O)C1CCN(C(=O)CN(C)S(=O)(=O)c2ccccc2)CC1.